The number of benzene rings is 1. The van der Waals surface area contributed by atoms with Crippen LogP contribution in [0.1, 0.15) is 38.5 Å². The van der Waals surface area contributed by atoms with Crippen LogP contribution in [0.2, 0.25) is 5.02 Å². The quantitative estimate of drug-likeness (QED) is 0.818. The van der Waals surface area contributed by atoms with E-state index in [-0.39, 0.29) is 5.91 Å². The number of hydrogen-bond acceptors (Lipinski definition) is 3. The smallest absolute Gasteiger partial charge is 0.225 e. The average Bonchev–Trinajstić information content (AvgIpc) is 2.48. The van der Waals surface area contributed by atoms with Gasteiger partial charge in [0, 0.05) is 24.7 Å². The molecule has 4 nitrogen and oxygen atoms in total. The van der Waals surface area contributed by atoms with Crippen LogP contribution in [0.15, 0.2) is 18.2 Å². The molecule has 1 saturated carbocycles. The number of amides is 1. The van der Waals surface area contributed by atoms with Crippen LogP contribution in [-0.4, -0.2) is 30.4 Å². The van der Waals surface area contributed by atoms with Gasteiger partial charge in [-0.1, -0.05) is 30.9 Å². The number of nitrogens with zero attached hydrogens (tertiary/aromatic N) is 1. The first-order valence-corrected chi connectivity index (χ1v) is 7.99. The lowest BCUT2D eigenvalue weighted by atomic mass is 9.94. The van der Waals surface area contributed by atoms with E-state index < -0.39 is 0 Å². The first kappa shape index (κ1) is 16.1. The summed E-state index contributed by atoms with van der Waals surface area (Å²) in [5, 5.41) is 3.32. The van der Waals surface area contributed by atoms with E-state index in [4.69, 9.17) is 17.3 Å². The zero-order valence-electron chi connectivity index (χ0n) is 12.6. The predicted octanol–water partition coefficient (Wildman–Crippen LogP) is 3.52. The van der Waals surface area contributed by atoms with Gasteiger partial charge in [-0.05, 0) is 38.1 Å². The van der Waals surface area contributed by atoms with Gasteiger partial charge < -0.3 is 16.0 Å². The lowest BCUT2D eigenvalue weighted by molar-refractivity contribution is -0.116. The molecule has 0 aliphatic heterocycles. The Balaban J connectivity index is 1.78. The van der Waals surface area contributed by atoms with Gasteiger partial charge in [0.15, 0.2) is 0 Å². The Morgan fingerprint density at radius 3 is 2.76 bits per heavy atom. The monoisotopic (exact) mass is 309 g/mol. The Labute approximate surface area is 131 Å². The molecule has 116 valence electrons. The number of nitrogens with one attached hydrogen (secondary N) is 1. The summed E-state index contributed by atoms with van der Waals surface area (Å²) in [6, 6.07) is 5.74. The number of nitrogens with two attached hydrogens (primary N) is 1. The van der Waals surface area contributed by atoms with E-state index in [1.807, 2.05) is 0 Å². The van der Waals surface area contributed by atoms with Gasteiger partial charge >= 0.3 is 0 Å². The SMILES string of the molecule is CN(CCC(=O)Nc1ccc(N)cc1Cl)C1CCCCC1. The van der Waals surface area contributed by atoms with Crippen molar-refractivity contribution in [3.05, 3.63) is 23.2 Å². The highest BCUT2D eigenvalue weighted by molar-refractivity contribution is 6.34. The highest BCUT2D eigenvalue weighted by Gasteiger charge is 2.18. The molecule has 1 aromatic carbocycles. The van der Waals surface area contributed by atoms with Crippen LogP contribution >= 0.6 is 11.6 Å². The van der Waals surface area contributed by atoms with Crippen LogP contribution in [0, 0.1) is 0 Å². The number of halogens is 1. The molecule has 0 unspecified atom stereocenters. The molecular formula is C16H24ClN3O. The molecule has 1 aliphatic rings. The molecule has 0 saturated heterocycles. The van der Waals surface area contributed by atoms with Crippen molar-refractivity contribution in [2.24, 2.45) is 0 Å². The fourth-order valence-corrected chi connectivity index (χ4v) is 3.06. The Hall–Kier alpha value is -1.26. The molecular weight excluding hydrogens is 286 g/mol. The molecule has 5 heteroatoms. The second-order valence-corrected chi connectivity index (χ2v) is 6.22. The van der Waals surface area contributed by atoms with Crippen molar-refractivity contribution in [1.29, 1.82) is 0 Å². The first-order valence-electron chi connectivity index (χ1n) is 7.61. The van der Waals surface area contributed by atoms with Crippen molar-refractivity contribution in [3.8, 4) is 0 Å². The maximum Gasteiger partial charge on any atom is 0.225 e. The second kappa shape index (κ2) is 7.66. The molecule has 21 heavy (non-hydrogen) atoms. The third kappa shape index (κ3) is 4.90. The number of carbonyl (C=O) groups excluding carboxylic acids is 1. The second-order valence-electron chi connectivity index (χ2n) is 5.81. The molecule has 1 aromatic rings. The van der Waals surface area contributed by atoms with E-state index in [1.165, 1.54) is 32.1 Å². The van der Waals surface area contributed by atoms with Gasteiger partial charge in [-0.2, -0.15) is 0 Å². The Bertz CT molecular complexity index is 486. The van der Waals surface area contributed by atoms with Crippen LogP contribution in [0.25, 0.3) is 0 Å². The molecule has 0 heterocycles. The van der Waals surface area contributed by atoms with Gasteiger partial charge in [0.25, 0.3) is 0 Å². The van der Waals surface area contributed by atoms with Crippen molar-refractivity contribution in [3.63, 3.8) is 0 Å². The van der Waals surface area contributed by atoms with Gasteiger partial charge in [0.1, 0.15) is 0 Å². The number of hydrogen-bond donors (Lipinski definition) is 2. The van der Waals surface area contributed by atoms with Crippen molar-refractivity contribution < 1.29 is 4.79 Å². The molecule has 2 rings (SSSR count). The minimum Gasteiger partial charge on any atom is -0.399 e. The van der Waals surface area contributed by atoms with E-state index in [0.717, 1.165) is 6.54 Å². The summed E-state index contributed by atoms with van der Waals surface area (Å²) in [7, 11) is 2.11. The molecule has 1 aliphatic carbocycles. The minimum atomic E-state index is -0.00988. The van der Waals surface area contributed by atoms with E-state index in [1.54, 1.807) is 18.2 Å². The third-order valence-electron chi connectivity index (χ3n) is 4.16. The molecule has 1 fully saturated rings. The standard InChI is InChI=1S/C16H24ClN3O/c1-20(13-5-3-2-4-6-13)10-9-16(21)19-15-8-7-12(18)11-14(15)17/h7-8,11,13H,2-6,9-10,18H2,1H3,(H,19,21). The van der Waals surface area contributed by atoms with Crippen LogP contribution in [-0.2, 0) is 4.79 Å². The lowest BCUT2D eigenvalue weighted by Gasteiger charge is -2.30. The maximum absolute atomic E-state index is 12.0. The highest BCUT2D eigenvalue weighted by Crippen LogP contribution is 2.24. The third-order valence-corrected chi connectivity index (χ3v) is 4.47. The molecule has 0 bridgehead atoms. The average molecular weight is 310 g/mol. The predicted molar refractivity (Wildman–Crippen MR) is 88.6 cm³/mol. The summed E-state index contributed by atoms with van der Waals surface area (Å²) in [5.74, 6) is -0.00988. The summed E-state index contributed by atoms with van der Waals surface area (Å²) in [4.78, 5) is 14.3. The van der Waals surface area contributed by atoms with Crippen molar-refractivity contribution in [2.75, 3.05) is 24.6 Å². The summed E-state index contributed by atoms with van der Waals surface area (Å²) in [6.07, 6.45) is 6.95. The topological polar surface area (TPSA) is 58.4 Å². The maximum atomic E-state index is 12.0. The first-order chi connectivity index (χ1) is 10.1. The van der Waals surface area contributed by atoms with E-state index in [0.29, 0.717) is 28.9 Å². The summed E-state index contributed by atoms with van der Waals surface area (Å²) in [5.41, 5.74) is 6.85. The Morgan fingerprint density at radius 1 is 1.38 bits per heavy atom. The molecule has 3 N–H and O–H groups in total. The van der Waals surface area contributed by atoms with Gasteiger partial charge in [-0.25, -0.2) is 0 Å². The van der Waals surface area contributed by atoms with Gasteiger partial charge in [0.2, 0.25) is 5.91 Å². The molecule has 0 aromatic heterocycles. The van der Waals surface area contributed by atoms with Gasteiger partial charge in [-0.3, -0.25) is 4.79 Å². The molecule has 0 atom stereocenters. The van der Waals surface area contributed by atoms with Crippen molar-refractivity contribution in [1.82, 2.24) is 4.90 Å². The molecule has 0 radical (unpaired) electrons. The highest BCUT2D eigenvalue weighted by atomic mass is 35.5. The zero-order valence-corrected chi connectivity index (χ0v) is 13.3. The Kier molecular flexibility index (Phi) is 5.88. The fourth-order valence-electron chi connectivity index (χ4n) is 2.83. The summed E-state index contributed by atoms with van der Waals surface area (Å²) >= 11 is 6.05. The van der Waals surface area contributed by atoms with Crippen molar-refractivity contribution >= 4 is 28.9 Å². The lowest BCUT2D eigenvalue weighted by Crippen LogP contribution is -2.35. The number of carbonyl (C=O) groups is 1. The number of nitrogen functional groups attached to an aromatic ring is 1. The minimum absolute atomic E-state index is 0.00988. The van der Waals surface area contributed by atoms with Crippen molar-refractivity contribution in [2.45, 2.75) is 44.6 Å². The fraction of sp³-hybridized carbons (Fsp3) is 0.562. The van der Waals surface area contributed by atoms with E-state index >= 15 is 0 Å². The van der Waals surface area contributed by atoms with Crippen LogP contribution in [0.5, 0.6) is 0 Å². The van der Waals surface area contributed by atoms with Gasteiger partial charge in [-0.15, -0.1) is 0 Å². The summed E-state index contributed by atoms with van der Waals surface area (Å²) in [6.45, 7) is 0.781. The van der Waals surface area contributed by atoms with Gasteiger partial charge in [0.05, 0.1) is 10.7 Å². The van der Waals surface area contributed by atoms with Crippen LogP contribution in [0.4, 0.5) is 11.4 Å². The molecule has 0 spiro atoms. The summed E-state index contributed by atoms with van der Waals surface area (Å²) < 4.78 is 0. The number of anilines is 2. The normalized spacial score (nSPS) is 16.1. The zero-order chi connectivity index (χ0) is 15.2. The van der Waals surface area contributed by atoms with E-state index in [2.05, 4.69) is 17.3 Å². The van der Waals surface area contributed by atoms with Crippen LogP contribution < -0.4 is 11.1 Å². The Morgan fingerprint density at radius 2 is 2.10 bits per heavy atom. The van der Waals surface area contributed by atoms with E-state index in [9.17, 15) is 4.79 Å². The largest absolute Gasteiger partial charge is 0.399 e. The molecule has 1 amide bonds. The number of rotatable bonds is 5. The van der Waals surface area contributed by atoms with Crippen LogP contribution in [0.3, 0.4) is 0 Å².